The van der Waals surface area contributed by atoms with Crippen LogP contribution in [-0.4, -0.2) is 37.4 Å². The summed E-state index contributed by atoms with van der Waals surface area (Å²) in [6, 6.07) is 19.5. The first-order valence-corrected chi connectivity index (χ1v) is 9.74. The van der Waals surface area contributed by atoms with Crippen LogP contribution in [-0.2, 0) is 0 Å². The van der Waals surface area contributed by atoms with E-state index >= 15 is 0 Å². The highest BCUT2D eigenvalue weighted by Gasteiger charge is 2.19. The molecule has 32 heavy (non-hydrogen) atoms. The van der Waals surface area contributed by atoms with Crippen LogP contribution in [0.2, 0.25) is 0 Å². The topological polar surface area (TPSA) is 95.7 Å². The monoisotopic (exact) mass is 431 g/mol. The van der Waals surface area contributed by atoms with Gasteiger partial charge < -0.3 is 24.1 Å². The van der Waals surface area contributed by atoms with Crippen LogP contribution in [0.3, 0.4) is 0 Å². The largest absolute Gasteiger partial charge is 0.495 e. The highest BCUT2D eigenvalue weighted by atomic mass is 16.5. The lowest BCUT2D eigenvalue weighted by Gasteiger charge is -2.11. The molecular formula is C24H21N3O5. The second-order valence-corrected chi connectivity index (χ2v) is 6.69. The zero-order valence-corrected chi connectivity index (χ0v) is 17.8. The van der Waals surface area contributed by atoms with Gasteiger partial charge in [0.05, 0.1) is 38.1 Å². The van der Waals surface area contributed by atoms with E-state index in [-0.39, 0.29) is 11.8 Å². The molecule has 0 radical (unpaired) electrons. The van der Waals surface area contributed by atoms with Gasteiger partial charge in [0.25, 0.3) is 11.8 Å². The van der Waals surface area contributed by atoms with Crippen molar-refractivity contribution in [2.75, 3.05) is 26.6 Å². The third kappa shape index (κ3) is 4.11. The van der Waals surface area contributed by atoms with E-state index in [0.717, 1.165) is 0 Å². The fourth-order valence-electron chi connectivity index (χ4n) is 3.23. The standard InChI is InChI=1S/C24H21N3O5/c1-29-19-11-7-6-10-18(19)25-23(28)16-8-4-5-9-17(16)24-26-22(27-32-24)15-12-13-20(30-2)21(14-15)31-3/h4-14H,1-3H3,(H,25,28). The average molecular weight is 431 g/mol. The van der Waals surface area contributed by atoms with Crippen LogP contribution in [0.25, 0.3) is 22.8 Å². The summed E-state index contributed by atoms with van der Waals surface area (Å²) in [6.45, 7) is 0. The highest BCUT2D eigenvalue weighted by molar-refractivity contribution is 6.08. The zero-order valence-electron chi connectivity index (χ0n) is 17.8. The van der Waals surface area contributed by atoms with Crippen LogP contribution < -0.4 is 19.5 Å². The average Bonchev–Trinajstić information content (AvgIpc) is 3.34. The number of para-hydroxylation sites is 2. The molecule has 0 aliphatic rings. The lowest BCUT2D eigenvalue weighted by molar-refractivity contribution is 0.102. The van der Waals surface area contributed by atoms with Crippen molar-refractivity contribution >= 4 is 11.6 Å². The van der Waals surface area contributed by atoms with Gasteiger partial charge in [0.1, 0.15) is 5.75 Å². The molecule has 1 aromatic heterocycles. The molecule has 0 saturated carbocycles. The lowest BCUT2D eigenvalue weighted by atomic mass is 10.1. The van der Waals surface area contributed by atoms with Gasteiger partial charge in [-0.05, 0) is 42.5 Å². The molecule has 0 bridgehead atoms. The van der Waals surface area contributed by atoms with Crippen LogP contribution in [0.5, 0.6) is 17.2 Å². The van der Waals surface area contributed by atoms with Crippen molar-refractivity contribution in [3.63, 3.8) is 0 Å². The lowest BCUT2D eigenvalue weighted by Crippen LogP contribution is -2.13. The van der Waals surface area contributed by atoms with E-state index in [1.165, 1.54) is 0 Å². The number of hydrogen-bond acceptors (Lipinski definition) is 7. The number of rotatable bonds is 7. The van der Waals surface area contributed by atoms with Gasteiger partial charge in [0.15, 0.2) is 11.5 Å². The maximum Gasteiger partial charge on any atom is 0.259 e. The number of benzene rings is 3. The number of ether oxygens (including phenoxy) is 3. The van der Waals surface area contributed by atoms with Gasteiger partial charge in [0, 0.05) is 5.56 Å². The van der Waals surface area contributed by atoms with Crippen molar-refractivity contribution in [2.24, 2.45) is 0 Å². The van der Waals surface area contributed by atoms with Gasteiger partial charge in [-0.25, -0.2) is 0 Å². The molecular weight excluding hydrogens is 410 g/mol. The number of nitrogens with zero attached hydrogens (tertiary/aromatic N) is 2. The summed E-state index contributed by atoms with van der Waals surface area (Å²) in [6.07, 6.45) is 0. The predicted molar refractivity (Wildman–Crippen MR) is 119 cm³/mol. The summed E-state index contributed by atoms with van der Waals surface area (Å²) >= 11 is 0. The Bertz CT molecular complexity index is 1250. The minimum Gasteiger partial charge on any atom is -0.495 e. The molecule has 8 nitrogen and oxygen atoms in total. The molecule has 3 aromatic carbocycles. The van der Waals surface area contributed by atoms with Crippen LogP contribution in [0.1, 0.15) is 10.4 Å². The number of carbonyl (C=O) groups excluding carboxylic acids is 1. The van der Waals surface area contributed by atoms with Crippen molar-refractivity contribution in [2.45, 2.75) is 0 Å². The maximum absolute atomic E-state index is 13.0. The fourth-order valence-corrected chi connectivity index (χ4v) is 3.23. The number of nitrogens with one attached hydrogen (secondary N) is 1. The number of anilines is 1. The second-order valence-electron chi connectivity index (χ2n) is 6.69. The minimum atomic E-state index is -0.323. The Hall–Kier alpha value is -4.33. The molecule has 0 atom stereocenters. The van der Waals surface area contributed by atoms with Crippen molar-refractivity contribution in [1.82, 2.24) is 10.1 Å². The molecule has 1 heterocycles. The van der Waals surface area contributed by atoms with E-state index in [2.05, 4.69) is 15.5 Å². The van der Waals surface area contributed by atoms with Crippen molar-refractivity contribution in [1.29, 1.82) is 0 Å². The summed E-state index contributed by atoms with van der Waals surface area (Å²) < 4.78 is 21.4. The Morgan fingerprint density at radius 2 is 1.56 bits per heavy atom. The first kappa shape index (κ1) is 20.9. The van der Waals surface area contributed by atoms with Gasteiger partial charge in [-0.2, -0.15) is 4.98 Å². The number of hydrogen-bond donors (Lipinski definition) is 1. The normalized spacial score (nSPS) is 10.5. The van der Waals surface area contributed by atoms with Crippen LogP contribution in [0.15, 0.2) is 71.3 Å². The van der Waals surface area contributed by atoms with E-state index in [9.17, 15) is 4.79 Å². The second kappa shape index (κ2) is 9.22. The summed E-state index contributed by atoms with van der Waals surface area (Å²) in [4.78, 5) is 17.5. The van der Waals surface area contributed by atoms with Gasteiger partial charge in [-0.3, -0.25) is 4.79 Å². The van der Waals surface area contributed by atoms with E-state index in [1.54, 1.807) is 75.9 Å². The first-order chi connectivity index (χ1) is 15.6. The number of amides is 1. The summed E-state index contributed by atoms with van der Waals surface area (Å²) in [5, 5.41) is 6.94. The number of methoxy groups -OCH3 is 3. The van der Waals surface area contributed by atoms with E-state index < -0.39 is 0 Å². The van der Waals surface area contributed by atoms with E-state index in [1.807, 2.05) is 12.1 Å². The predicted octanol–water partition coefficient (Wildman–Crippen LogP) is 4.68. The van der Waals surface area contributed by atoms with Crippen LogP contribution >= 0.6 is 0 Å². The molecule has 0 saturated heterocycles. The molecule has 4 rings (SSSR count). The van der Waals surface area contributed by atoms with Crippen molar-refractivity contribution < 1.29 is 23.5 Å². The molecule has 0 unspecified atom stereocenters. The Balaban J connectivity index is 1.65. The van der Waals surface area contributed by atoms with Gasteiger partial charge in [0.2, 0.25) is 5.82 Å². The molecule has 0 fully saturated rings. The van der Waals surface area contributed by atoms with Gasteiger partial charge in [-0.1, -0.05) is 29.4 Å². The van der Waals surface area contributed by atoms with E-state index in [4.69, 9.17) is 18.7 Å². The summed E-state index contributed by atoms with van der Waals surface area (Å²) in [5.41, 5.74) is 2.15. The summed E-state index contributed by atoms with van der Waals surface area (Å²) in [7, 11) is 4.67. The summed E-state index contributed by atoms with van der Waals surface area (Å²) in [5.74, 6) is 1.97. The first-order valence-electron chi connectivity index (χ1n) is 9.74. The molecule has 4 aromatic rings. The zero-order chi connectivity index (χ0) is 22.5. The molecule has 0 aliphatic carbocycles. The molecule has 1 amide bonds. The highest BCUT2D eigenvalue weighted by Crippen LogP contribution is 2.33. The number of aromatic nitrogens is 2. The Kier molecular flexibility index (Phi) is 6.03. The quantitative estimate of drug-likeness (QED) is 0.454. The Labute approximate surface area is 184 Å². The van der Waals surface area contributed by atoms with Gasteiger partial charge in [-0.15, -0.1) is 0 Å². The molecule has 162 valence electrons. The number of carbonyl (C=O) groups is 1. The van der Waals surface area contributed by atoms with E-state index in [0.29, 0.717) is 45.5 Å². The van der Waals surface area contributed by atoms with Crippen LogP contribution in [0.4, 0.5) is 5.69 Å². The van der Waals surface area contributed by atoms with Gasteiger partial charge >= 0.3 is 0 Å². The molecule has 0 aliphatic heterocycles. The maximum atomic E-state index is 13.0. The van der Waals surface area contributed by atoms with Crippen molar-refractivity contribution in [3.05, 3.63) is 72.3 Å². The molecule has 1 N–H and O–H groups in total. The Morgan fingerprint density at radius 1 is 0.844 bits per heavy atom. The third-order valence-electron chi connectivity index (χ3n) is 4.83. The molecule has 0 spiro atoms. The smallest absolute Gasteiger partial charge is 0.259 e. The fraction of sp³-hybridized carbons (Fsp3) is 0.125. The third-order valence-corrected chi connectivity index (χ3v) is 4.83. The Morgan fingerprint density at radius 3 is 2.34 bits per heavy atom. The molecule has 8 heteroatoms. The SMILES string of the molecule is COc1ccccc1NC(=O)c1ccccc1-c1nc(-c2ccc(OC)c(OC)c2)no1. The van der Waals surface area contributed by atoms with Crippen molar-refractivity contribution in [3.8, 4) is 40.1 Å². The minimum absolute atomic E-state index is 0.223. The van der Waals surface area contributed by atoms with Crippen LogP contribution in [0, 0.1) is 0 Å².